The van der Waals surface area contributed by atoms with Crippen LogP contribution in [0.2, 0.25) is 0 Å². The molecule has 2 aromatic carbocycles. The number of anilines is 1. The number of benzene rings is 2. The predicted octanol–water partition coefficient (Wildman–Crippen LogP) is 2.76. The molecule has 0 unspecified atom stereocenters. The summed E-state index contributed by atoms with van der Waals surface area (Å²) >= 11 is 0. The number of aliphatic hydroxyl groups excluding tert-OH is 1. The summed E-state index contributed by atoms with van der Waals surface area (Å²) in [5.74, 6) is 1.22. The summed E-state index contributed by atoms with van der Waals surface area (Å²) in [4.78, 5) is 25.5. The van der Waals surface area contributed by atoms with Crippen LogP contribution < -0.4 is 20.1 Å². The Morgan fingerprint density at radius 1 is 1.14 bits per heavy atom. The summed E-state index contributed by atoms with van der Waals surface area (Å²) in [6, 6.07) is 13.2. The first-order valence-electron chi connectivity index (χ1n) is 12.9. The smallest absolute Gasteiger partial charge is 0.227 e. The van der Waals surface area contributed by atoms with Crippen LogP contribution in [-0.2, 0) is 25.6 Å². The maximum atomic E-state index is 12.8. The lowest BCUT2D eigenvalue weighted by molar-refractivity contribution is -0.142. The van der Waals surface area contributed by atoms with Crippen molar-refractivity contribution in [2.24, 2.45) is 5.92 Å². The van der Waals surface area contributed by atoms with Crippen molar-refractivity contribution in [2.45, 2.75) is 56.5 Å². The fourth-order valence-corrected chi connectivity index (χ4v) is 5.49. The second-order valence-electron chi connectivity index (χ2n) is 9.82. The van der Waals surface area contributed by atoms with Crippen molar-refractivity contribution in [3.05, 3.63) is 53.6 Å². The van der Waals surface area contributed by atoms with E-state index in [0.29, 0.717) is 26.2 Å². The minimum absolute atomic E-state index is 0.00326. The highest BCUT2D eigenvalue weighted by atomic mass is 16.6. The van der Waals surface area contributed by atoms with E-state index in [0.717, 1.165) is 41.2 Å². The van der Waals surface area contributed by atoms with Crippen LogP contribution in [0, 0.1) is 5.92 Å². The molecule has 0 aromatic heterocycles. The molecule has 3 aliphatic rings. The Hall–Kier alpha value is -3.14. The molecule has 9 nitrogen and oxygen atoms in total. The van der Waals surface area contributed by atoms with E-state index in [1.165, 1.54) is 0 Å². The lowest BCUT2D eigenvalue weighted by Gasteiger charge is -2.37. The van der Waals surface area contributed by atoms with Gasteiger partial charge in [0.25, 0.3) is 0 Å². The van der Waals surface area contributed by atoms with E-state index in [4.69, 9.17) is 18.9 Å². The molecule has 5 rings (SSSR count). The van der Waals surface area contributed by atoms with Gasteiger partial charge in [0.1, 0.15) is 23.7 Å². The van der Waals surface area contributed by atoms with E-state index < -0.39 is 6.10 Å². The number of aliphatic hydroxyl groups is 1. The number of carbonyl (C=O) groups is 2. The first-order valence-corrected chi connectivity index (χ1v) is 12.9. The zero-order valence-electron chi connectivity index (χ0n) is 21.0. The van der Waals surface area contributed by atoms with Crippen LogP contribution in [0.5, 0.6) is 11.5 Å². The summed E-state index contributed by atoms with van der Waals surface area (Å²) < 4.78 is 22.9. The Morgan fingerprint density at radius 2 is 1.95 bits per heavy atom. The van der Waals surface area contributed by atoms with Crippen LogP contribution in [0.25, 0.3) is 0 Å². The van der Waals surface area contributed by atoms with Crippen molar-refractivity contribution in [3.8, 4) is 11.5 Å². The molecule has 9 heteroatoms. The zero-order valence-corrected chi connectivity index (χ0v) is 21.0. The minimum Gasteiger partial charge on any atom is -0.496 e. The number of ether oxygens (including phenoxy) is 4. The molecule has 2 saturated heterocycles. The Morgan fingerprint density at radius 3 is 2.73 bits per heavy atom. The van der Waals surface area contributed by atoms with Gasteiger partial charge in [0.05, 0.1) is 26.2 Å². The predicted molar refractivity (Wildman–Crippen MR) is 136 cm³/mol. The van der Waals surface area contributed by atoms with Crippen molar-refractivity contribution in [2.75, 3.05) is 32.2 Å². The molecule has 0 bridgehead atoms. The average Bonchev–Trinajstić information content (AvgIpc) is 3.30. The lowest BCUT2D eigenvalue weighted by atomic mass is 9.84. The summed E-state index contributed by atoms with van der Waals surface area (Å²) in [6.07, 6.45) is 0.943. The average molecular weight is 511 g/mol. The standard InChI is InChI=1S/C28H34N2O7/c1-34-23-5-3-2-4-18(23)15-29-26(32)14-20-13-22-21-12-19(30-28(33)17-8-10-35-11-9-17)6-7-24(21)37-27(22)25(16-31)36-20/h2-7,12,17,20,22,25,27,31H,8-11,13-16H2,1H3,(H,29,32)(H,30,33)/t20-,22+,25+,27-/m0/s1. The van der Waals surface area contributed by atoms with Gasteiger partial charge in [0.2, 0.25) is 11.8 Å². The maximum Gasteiger partial charge on any atom is 0.227 e. The number of carbonyl (C=O) groups excluding carboxylic acids is 2. The van der Waals surface area contributed by atoms with Crippen LogP contribution >= 0.6 is 0 Å². The van der Waals surface area contributed by atoms with Gasteiger partial charge in [-0.25, -0.2) is 0 Å². The largest absolute Gasteiger partial charge is 0.496 e. The third kappa shape index (κ3) is 5.74. The van der Waals surface area contributed by atoms with Crippen LogP contribution in [0.3, 0.4) is 0 Å². The first-order chi connectivity index (χ1) is 18.1. The van der Waals surface area contributed by atoms with Crippen LogP contribution in [0.4, 0.5) is 5.69 Å². The number of nitrogens with one attached hydrogen (secondary N) is 2. The Balaban J connectivity index is 1.23. The fourth-order valence-electron chi connectivity index (χ4n) is 5.49. The number of amides is 2. The molecule has 0 radical (unpaired) electrons. The van der Waals surface area contributed by atoms with Gasteiger partial charge in [-0.1, -0.05) is 18.2 Å². The normalized spacial score (nSPS) is 24.9. The van der Waals surface area contributed by atoms with E-state index in [1.807, 2.05) is 42.5 Å². The van der Waals surface area contributed by atoms with E-state index in [2.05, 4.69) is 10.6 Å². The minimum atomic E-state index is -0.543. The maximum absolute atomic E-state index is 12.8. The second-order valence-corrected chi connectivity index (χ2v) is 9.82. The van der Waals surface area contributed by atoms with Crippen LogP contribution in [0.15, 0.2) is 42.5 Å². The summed E-state index contributed by atoms with van der Waals surface area (Å²) in [5, 5.41) is 16.0. The molecular formula is C28H34N2O7. The topological polar surface area (TPSA) is 115 Å². The van der Waals surface area contributed by atoms with Gasteiger partial charge in [0, 0.05) is 48.4 Å². The Bertz CT molecular complexity index is 1120. The third-order valence-electron chi connectivity index (χ3n) is 7.44. The number of fused-ring (bicyclic) bond motifs is 3. The molecule has 3 heterocycles. The first kappa shape index (κ1) is 25.5. The zero-order chi connectivity index (χ0) is 25.8. The fraction of sp³-hybridized carbons (Fsp3) is 0.500. The van der Waals surface area contributed by atoms with Crippen molar-refractivity contribution < 1.29 is 33.6 Å². The van der Waals surface area contributed by atoms with E-state index >= 15 is 0 Å². The molecular weight excluding hydrogens is 476 g/mol. The summed E-state index contributed by atoms with van der Waals surface area (Å²) in [7, 11) is 1.60. The molecule has 2 aromatic rings. The number of para-hydroxylation sites is 1. The molecule has 37 heavy (non-hydrogen) atoms. The van der Waals surface area contributed by atoms with Gasteiger partial charge in [0.15, 0.2) is 0 Å². The van der Waals surface area contributed by atoms with Crippen LogP contribution in [0.1, 0.15) is 42.7 Å². The molecule has 2 amide bonds. The van der Waals surface area contributed by atoms with Crippen molar-refractivity contribution in [1.29, 1.82) is 0 Å². The van der Waals surface area contributed by atoms with Crippen LogP contribution in [-0.4, -0.2) is 62.2 Å². The van der Waals surface area contributed by atoms with Gasteiger partial charge in [-0.05, 0) is 43.5 Å². The van der Waals surface area contributed by atoms with E-state index in [9.17, 15) is 14.7 Å². The van der Waals surface area contributed by atoms with Gasteiger partial charge in [-0.15, -0.1) is 0 Å². The highest BCUT2D eigenvalue weighted by Gasteiger charge is 2.46. The highest BCUT2D eigenvalue weighted by molar-refractivity contribution is 5.92. The molecule has 0 spiro atoms. The van der Waals surface area contributed by atoms with Crippen molar-refractivity contribution in [1.82, 2.24) is 5.32 Å². The van der Waals surface area contributed by atoms with Gasteiger partial charge >= 0.3 is 0 Å². The molecule has 4 atom stereocenters. The Labute approximate surface area is 216 Å². The summed E-state index contributed by atoms with van der Waals surface area (Å²) in [5.41, 5.74) is 2.58. The monoisotopic (exact) mass is 510 g/mol. The molecule has 198 valence electrons. The van der Waals surface area contributed by atoms with Gasteiger partial charge < -0.3 is 34.7 Å². The lowest BCUT2D eigenvalue weighted by Crippen LogP contribution is -2.47. The van der Waals surface area contributed by atoms with Gasteiger partial charge in [-0.3, -0.25) is 9.59 Å². The SMILES string of the molecule is COc1ccccc1CNC(=O)C[C@@H]1C[C@@H]2c3cc(NC(=O)C4CCOCC4)ccc3O[C@@H]2[C@@H](CO)O1. The number of methoxy groups -OCH3 is 1. The second kappa shape index (κ2) is 11.5. The number of hydrogen-bond acceptors (Lipinski definition) is 7. The Kier molecular flexibility index (Phi) is 7.93. The molecule has 2 fully saturated rings. The molecule has 0 aliphatic carbocycles. The number of rotatable bonds is 8. The van der Waals surface area contributed by atoms with Crippen molar-refractivity contribution >= 4 is 17.5 Å². The van der Waals surface area contributed by atoms with Crippen molar-refractivity contribution in [3.63, 3.8) is 0 Å². The number of hydrogen-bond donors (Lipinski definition) is 3. The van der Waals surface area contributed by atoms with E-state index in [-0.39, 0.29) is 48.9 Å². The third-order valence-corrected chi connectivity index (χ3v) is 7.44. The highest BCUT2D eigenvalue weighted by Crippen LogP contribution is 2.47. The van der Waals surface area contributed by atoms with E-state index in [1.54, 1.807) is 7.11 Å². The molecule has 3 aliphatic heterocycles. The quantitative estimate of drug-likeness (QED) is 0.500. The molecule has 3 N–H and O–H groups in total. The molecule has 0 saturated carbocycles. The van der Waals surface area contributed by atoms with Gasteiger partial charge in [-0.2, -0.15) is 0 Å². The summed E-state index contributed by atoms with van der Waals surface area (Å²) in [6.45, 7) is 1.36.